The van der Waals surface area contributed by atoms with Gasteiger partial charge in [-0.25, -0.2) is 4.79 Å². The molecule has 1 aliphatic carbocycles. The third-order valence-corrected chi connectivity index (χ3v) is 4.70. The largest absolute Gasteiger partial charge is 0.417 e. The van der Waals surface area contributed by atoms with Gasteiger partial charge >= 0.3 is 12.3 Å². The molecule has 1 fully saturated rings. The summed E-state index contributed by atoms with van der Waals surface area (Å²) in [4.78, 5) is 15.7. The van der Waals surface area contributed by atoms with Crippen LogP contribution < -0.4 is 10.1 Å². The van der Waals surface area contributed by atoms with Gasteiger partial charge in [-0.15, -0.1) is 0 Å². The fourth-order valence-electron chi connectivity index (χ4n) is 3.25. The number of rotatable bonds is 4. The van der Waals surface area contributed by atoms with E-state index in [0.29, 0.717) is 23.6 Å². The third-order valence-electron chi connectivity index (χ3n) is 4.70. The number of nitrogens with one attached hydrogen (secondary N) is 1. The molecule has 0 bridgehead atoms. The van der Waals surface area contributed by atoms with Crippen LogP contribution >= 0.6 is 0 Å². The van der Waals surface area contributed by atoms with Crippen LogP contribution in [0.25, 0.3) is 11.1 Å². The molecule has 0 saturated heterocycles. The number of nitrogens with zero attached hydrogens (tertiary/aromatic N) is 1. The van der Waals surface area contributed by atoms with Crippen LogP contribution in [0.15, 0.2) is 42.7 Å². The van der Waals surface area contributed by atoms with Gasteiger partial charge < -0.3 is 10.1 Å². The lowest BCUT2D eigenvalue weighted by Gasteiger charge is -2.21. The first-order valence-electron chi connectivity index (χ1n) is 9.00. The van der Waals surface area contributed by atoms with Gasteiger partial charge in [-0.3, -0.25) is 4.98 Å². The Morgan fingerprint density at radius 3 is 2.63 bits per heavy atom. The number of ether oxygens (including phenoxy) is 1. The van der Waals surface area contributed by atoms with Gasteiger partial charge in [-0.1, -0.05) is 31.4 Å². The fourth-order valence-corrected chi connectivity index (χ4v) is 3.25. The van der Waals surface area contributed by atoms with E-state index in [1.165, 1.54) is 31.5 Å². The number of amides is 1. The molecule has 0 spiro atoms. The maximum atomic E-state index is 12.9. The maximum Gasteiger partial charge on any atom is 0.417 e. The molecule has 1 saturated carbocycles. The van der Waals surface area contributed by atoms with Gasteiger partial charge in [0, 0.05) is 24.5 Å². The van der Waals surface area contributed by atoms with Crippen LogP contribution in [0.1, 0.15) is 37.7 Å². The molecular formula is C20H21F3N2O2. The molecule has 1 aromatic heterocycles. The Kier molecular flexibility index (Phi) is 5.98. The van der Waals surface area contributed by atoms with Crippen LogP contribution in [0.3, 0.4) is 0 Å². The van der Waals surface area contributed by atoms with Crippen LogP contribution in [0.4, 0.5) is 18.0 Å². The number of pyridine rings is 1. The van der Waals surface area contributed by atoms with Crippen molar-refractivity contribution in [3.8, 4) is 16.9 Å². The summed E-state index contributed by atoms with van der Waals surface area (Å²) in [5.41, 5.74) is -0.0272. The highest BCUT2D eigenvalue weighted by molar-refractivity contribution is 5.72. The van der Waals surface area contributed by atoms with E-state index in [-0.39, 0.29) is 5.75 Å². The highest BCUT2D eigenvalue weighted by atomic mass is 19.4. The molecule has 0 aliphatic heterocycles. The van der Waals surface area contributed by atoms with Crippen molar-refractivity contribution >= 4 is 6.09 Å². The summed E-state index contributed by atoms with van der Waals surface area (Å²) in [6.45, 7) is 0.579. The van der Waals surface area contributed by atoms with Crippen molar-refractivity contribution in [1.82, 2.24) is 10.3 Å². The lowest BCUT2D eigenvalue weighted by atomic mass is 9.89. The Hall–Kier alpha value is -2.57. The zero-order valence-corrected chi connectivity index (χ0v) is 14.8. The predicted molar refractivity (Wildman–Crippen MR) is 95.3 cm³/mol. The van der Waals surface area contributed by atoms with Gasteiger partial charge in [0.1, 0.15) is 5.75 Å². The first-order chi connectivity index (χ1) is 12.9. The van der Waals surface area contributed by atoms with Crippen molar-refractivity contribution < 1.29 is 22.7 Å². The molecule has 27 heavy (non-hydrogen) atoms. The minimum absolute atomic E-state index is 0.269. The van der Waals surface area contributed by atoms with E-state index in [0.717, 1.165) is 25.1 Å². The lowest BCUT2D eigenvalue weighted by molar-refractivity contribution is -0.137. The minimum atomic E-state index is -4.46. The molecule has 4 nitrogen and oxygen atoms in total. The van der Waals surface area contributed by atoms with E-state index in [4.69, 9.17) is 4.74 Å². The number of hydrogen-bond donors (Lipinski definition) is 1. The van der Waals surface area contributed by atoms with E-state index < -0.39 is 17.8 Å². The molecule has 1 heterocycles. The maximum absolute atomic E-state index is 12.9. The summed E-state index contributed by atoms with van der Waals surface area (Å²) in [6, 6.07) is 7.40. The topological polar surface area (TPSA) is 51.2 Å². The standard InChI is InChI=1S/C20H21F3N2O2/c21-20(22,23)17-9-16(12-24-13-17)15-7-4-8-18(10-15)27-19(26)25-11-14-5-2-1-3-6-14/h4,7-10,12-14H,1-3,5-6,11H2,(H,25,26). The number of alkyl halides is 3. The number of hydrogen-bond acceptors (Lipinski definition) is 3. The summed E-state index contributed by atoms with van der Waals surface area (Å²) in [7, 11) is 0. The molecule has 0 radical (unpaired) electrons. The lowest BCUT2D eigenvalue weighted by Crippen LogP contribution is -2.32. The normalized spacial score (nSPS) is 15.4. The van der Waals surface area contributed by atoms with Crippen LogP contribution in [-0.2, 0) is 6.18 Å². The van der Waals surface area contributed by atoms with Crippen LogP contribution in [0.5, 0.6) is 5.75 Å². The van der Waals surface area contributed by atoms with E-state index in [1.807, 2.05) is 0 Å². The average molecular weight is 378 g/mol. The second-order valence-corrected chi connectivity index (χ2v) is 6.76. The molecule has 1 N–H and O–H groups in total. The van der Waals surface area contributed by atoms with Crippen molar-refractivity contribution in [1.29, 1.82) is 0 Å². The van der Waals surface area contributed by atoms with E-state index in [9.17, 15) is 18.0 Å². The molecule has 3 rings (SSSR count). The monoisotopic (exact) mass is 378 g/mol. The Bertz CT molecular complexity index is 787. The zero-order chi connectivity index (χ0) is 19.3. The molecule has 1 aromatic carbocycles. The summed E-state index contributed by atoms with van der Waals surface area (Å²) in [6.07, 6.45) is 2.95. The van der Waals surface area contributed by atoms with E-state index >= 15 is 0 Å². The summed E-state index contributed by atoms with van der Waals surface area (Å²) >= 11 is 0. The average Bonchev–Trinajstić information content (AvgIpc) is 2.67. The Balaban J connectivity index is 1.64. The van der Waals surface area contributed by atoms with Crippen molar-refractivity contribution in [3.05, 3.63) is 48.3 Å². The van der Waals surface area contributed by atoms with Crippen molar-refractivity contribution in [3.63, 3.8) is 0 Å². The molecular weight excluding hydrogens is 357 g/mol. The number of halogens is 3. The highest BCUT2D eigenvalue weighted by Crippen LogP contribution is 2.32. The first-order valence-corrected chi connectivity index (χ1v) is 9.00. The second kappa shape index (κ2) is 8.41. The van der Waals surface area contributed by atoms with Gasteiger partial charge in [0.25, 0.3) is 0 Å². The molecule has 7 heteroatoms. The minimum Gasteiger partial charge on any atom is -0.410 e. The Morgan fingerprint density at radius 1 is 1.11 bits per heavy atom. The SMILES string of the molecule is O=C(NCC1CCCCC1)Oc1cccc(-c2cncc(C(F)(F)F)c2)c1. The first kappa shape index (κ1) is 19.2. The van der Waals surface area contributed by atoms with Gasteiger partial charge in [0.15, 0.2) is 0 Å². The second-order valence-electron chi connectivity index (χ2n) is 6.76. The van der Waals surface area contributed by atoms with Gasteiger partial charge in [0.05, 0.1) is 5.56 Å². The number of benzene rings is 1. The zero-order valence-electron chi connectivity index (χ0n) is 14.8. The number of carbonyl (C=O) groups excluding carboxylic acids is 1. The van der Waals surface area contributed by atoms with Gasteiger partial charge in [0.2, 0.25) is 0 Å². The summed E-state index contributed by atoms with van der Waals surface area (Å²) < 4.78 is 43.8. The van der Waals surface area contributed by atoms with Crippen LogP contribution in [0.2, 0.25) is 0 Å². The molecule has 1 aliphatic rings. The van der Waals surface area contributed by atoms with Crippen LogP contribution in [-0.4, -0.2) is 17.6 Å². The van der Waals surface area contributed by atoms with Crippen LogP contribution in [0, 0.1) is 5.92 Å². The Morgan fingerprint density at radius 2 is 1.89 bits per heavy atom. The molecule has 0 unspecified atom stereocenters. The fraction of sp³-hybridized carbons (Fsp3) is 0.400. The van der Waals surface area contributed by atoms with Crippen molar-refractivity contribution in [2.75, 3.05) is 6.54 Å². The van der Waals surface area contributed by atoms with Crippen molar-refractivity contribution in [2.45, 2.75) is 38.3 Å². The van der Waals surface area contributed by atoms with Gasteiger partial charge in [-0.05, 0) is 42.5 Å². The Labute approximate surface area is 155 Å². The van der Waals surface area contributed by atoms with E-state index in [2.05, 4.69) is 10.3 Å². The van der Waals surface area contributed by atoms with E-state index in [1.54, 1.807) is 18.2 Å². The molecule has 1 amide bonds. The summed E-state index contributed by atoms with van der Waals surface area (Å²) in [5, 5.41) is 2.77. The smallest absolute Gasteiger partial charge is 0.410 e. The quantitative estimate of drug-likeness (QED) is 0.771. The van der Waals surface area contributed by atoms with Crippen molar-refractivity contribution in [2.24, 2.45) is 5.92 Å². The van der Waals surface area contributed by atoms with Gasteiger partial charge in [-0.2, -0.15) is 13.2 Å². The molecule has 0 atom stereocenters. The summed E-state index contributed by atoms with van der Waals surface area (Å²) in [5.74, 6) is 0.750. The molecule has 144 valence electrons. The highest BCUT2D eigenvalue weighted by Gasteiger charge is 2.31. The third kappa shape index (κ3) is 5.45. The predicted octanol–water partition coefficient (Wildman–Crippen LogP) is 5.44. The number of aromatic nitrogens is 1. The molecule has 2 aromatic rings. The number of carbonyl (C=O) groups is 1.